The van der Waals surface area contributed by atoms with Crippen LogP contribution in [0.4, 0.5) is 0 Å². The summed E-state index contributed by atoms with van der Waals surface area (Å²) in [5, 5.41) is 10.5. The van der Waals surface area contributed by atoms with E-state index in [0.717, 1.165) is 0 Å². The predicted molar refractivity (Wildman–Crippen MR) is 23.8 cm³/mol. The van der Waals surface area contributed by atoms with Crippen LogP contribution in [-0.2, 0) is 30.7 Å². The maximum atomic E-state index is 10.2. The number of hydrogen-bond acceptors (Lipinski definition) is 3. The number of carbonyl (C=O) groups excluding carboxylic acids is 2. The van der Waals surface area contributed by atoms with Gasteiger partial charge in [-0.25, -0.2) is 0 Å². The van der Waals surface area contributed by atoms with E-state index in [2.05, 4.69) is 0 Å². The normalized spacial score (nSPS) is 25.2. The molecule has 0 aromatic heterocycles. The van der Waals surface area contributed by atoms with Gasteiger partial charge in [-0.2, -0.15) is 0 Å². The van der Waals surface area contributed by atoms with E-state index in [1.54, 1.807) is 0 Å². The molecule has 5 heteroatoms. The van der Waals surface area contributed by atoms with Gasteiger partial charge in [-0.05, 0) is 0 Å². The fraction of sp³-hybridized carbons (Fsp3) is 0.500. The Kier molecular flexibility index (Phi) is 3.01. The summed E-state index contributed by atoms with van der Waals surface area (Å²) in [5.41, 5.74) is 0. The minimum absolute atomic E-state index is 0. The van der Waals surface area contributed by atoms with E-state index in [1.165, 1.54) is 0 Å². The van der Waals surface area contributed by atoms with Crippen molar-refractivity contribution in [1.82, 2.24) is 5.32 Å². The van der Waals surface area contributed by atoms with Gasteiger partial charge < -0.3 is 5.11 Å². The van der Waals surface area contributed by atoms with Crippen molar-refractivity contribution in [3.8, 4) is 0 Å². The number of nitrogens with one attached hydrogen (secondary N) is 1. The molecular weight excluding hydrogens is 206 g/mol. The van der Waals surface area contributed by atoms with Gasteiger partial charge in [0.05, 0.1) is 6.42 Å². The summed E-state index contributed by atoms with van der Waals surface area (Å²) in [6.07, 6.45) is -1.19. The minimum Gasteiger partial charge on any atom is -0.383 e. The Bertz CT molecular complexity index is 147. The summed E-state index contributed by atoms with van der Waals surface area (Å²) in [6, 6.07) is 0. The third-order valence-corrected chi connectivity index (χ3v) is 0.944. The zero-order chi connectivity index (χ0) is 6.15. The number of imide groups is 1. The third kappa shape index (κ3) is 1.88. The Labute approximate surface area is 65.9 Å². The van der Waals surface area contributed by atoms with Gasteiger partial charge in [0, 0.05) is 21.1 Å². The van der Waals surface area contributed by atoms with Crippen LogP contribution in [-0.4, -0.2) is 23.0 Å². The summed E-state index contributed by atoms with van der Waals surface area (Å²) < 4.78 is 0. The largest absolute Gasteiger partial charge is 0.383 e. The van der Waals surface area contributed by atoms with Gasteiger partial charge in [-0.15, -0.1) is 0 Å². The van der Waals surface area contributed by atoms with Gasteiger partial charge in [0.25, 0.3) is 5.91 Å². The van der Waals surface area contributed by atoms with E-state index >= 15 is 0 Å². The van der Waals surface area contributed by atoms with Crippen LogP contribution >= 0.6 is 0 Å². The van der Waals surface area contributed by atoms with Gasteiger partial charge >= 0.3 is 0 Å². The molecule has 0 aliphatic carbocycles. The first-order chi connectivity index (χ1) is 3.70. The molecule has 1 heterocycles. The van der Waals surface area contributed by atoms with E-state index in [-0.39, 0.29) is 27.5 Å². The van der Waals surface area contributed by atoms with Crippen molar-refractivity contribution < 1.29 is 35.8 Å². The van der Waals surface area contributed by atoms with Gasteiger partial charge in [0.1, 0.15) is 6.10 Å². The fourth-order valence-corrected chi connectivity index (χ4v) is 0.540. The van der Waals surface area contributed by atoms with Crippen LogP contribution in [0.1, 0.15) is 6.42 Å². The summed E-state index contributed by atoms with van der Waals surface area (Å²) in [5.74, 6) is -0.988. The van der Waals surface area contributed by atoms with Crippen molar-refractivity contribution in [2.75, 3.05) is 0 Å². The van der Waals surface area contributed by atoms with Crippen molar-refractivity contribution in [3.05, 3.63) is 0 Å². The zero-order valence-electron chi connectivity index (χ0n) is 4.46. The zero-order valence-corrected chi connectivity index (χ0v) is 6.46. The van der Waals surface area contributed by atoms with Gasteiger partial charge in [-0.1, -0.05) is 0 Å². The first kappa shape index (κ1) is 8.79. The number of amides is 2. The third-order valence-electron chi connectivity index (χ3n) is 0.944. The molecule has 0 spiro atoms. The van der Waals surface area contributed by atoms with E-state index in [0.29, 0.717) is 0 Å². The Morgan fingerprint density at radius 2 is 2.11 bits per heavy atom. The van der Waals surface area contributed by atoms with E-state index in [4.69, 9.17) is 5.11 Å². The molecule has 9 heavy (non-hydrogen) atoms. The smallest absolute Gasteiger partial charge is 0.255 e. The Morgan fingerprint density at radius 3 is 2.22 bits per heavy atom. The quantitative estimate of drug-likeness (QED) is 0.374. The molecular formula is C4H5MoNO3. The first-order valence-corrected chi connectivity index (χ1v) is 2.22. The summed E-state index contributed by atoms with van der Waals surface area (Å²) in [4.78, 5) is 20.4. The molecule has 1 unspecified atom stereocenters. The Morgan fingerprint density at radius 1 is 1.56 bits per heavy atom. The van der Waals surface area contributed by atoms with Gasteiger partial charge in [0.15, 0.2) is 0 Å². The van der Waals surface area contributed by atoms with Crippen LogP contribution in [0.15, 0.2) is 0 Å². The maximum Gasteiger partial charge on any atom is 0.255 e. The summed E-state index contributed by atoms with van der Waals surface area (Å²) in [6.45, 7) is 0. The Hall–Kier alpha value is -0.212. The van der Waals surface area contributed by atoms with Crippen molar-refractivity contribution in [3.63, 3.8) is 0 Å². The molecule has 0 bridgehead atoms. The average Bonchev–Trinajstić information content (AvgIpc) is 1.85. The van der Waals surface area contributed by atoms with Crippen LogP contribution in [0.5, 0.6) is 0 Å². The van der Waals surface area contributed by atoms with Crippen LogP contribution in [0.25, 0.3) is 0 Å². The average molecular weight is 211 g/mol. The summed E-state index contributed by atoms with van der Waals surface area (Å²) in [7, 11) is 0. The monoisotopic (exact) mass is 213 g/mol. The molecule has 1 atom stereocenters. The molecule has 0 saturated carbocycles. The standard InChI is InChI=1S/C4H5NO3.Mo/c6-2-1-3(7)5-4(2)8;/h2,6H,1H2,(H,5,7,8);. The number of carbonyl (C=O) groups is 2. The van der Waals surface area contributed by atoms with Crippen molar-refractivity contribution in [1.29, 1.82) is 0 Å². The molecule has 50 valence electrons. The fourth-order valence-electron chi connectivity index (χ4n) is 0.540. The van der Waals surface area contributed by atoms with E-state index in [9.17, 15) is 9.59 Å². The number of aliphatic hydroxyl groups excluding tert-OH is 1. The van der Waals surface area contributed by atoms with Crippen molar-refractivity contribution in [2.45, 2.75) is 12.5 Å². The molecule has 1 rings (SSSR count). The van der Waals surface area contributed by atoms with E-state index < -0.39 is 17.9 Å². The molecule has 1 saturated heterocycles. The second-order valence-corrected chi connectivity index (χ2v) is 1.63. The van der Waals surface area contributed by atoms with E-state index in [1.807, 2.05) is 5.32 Å². The molecule has 0 radical (unpaired) electrons. The van der Waals surface area contributed by atoms with Crippen LogP contribution in [0, 0.1) is 0 Å². The SMILES string of the molecule is O=C1CC(O)C(=O)N1.[Mo]. The molecule has 0 aromatic carbocycles. The second kappa shape index (κ2) is 3.08. The topological polar surface area (TPSA) is 66.4 Å². The molecule has 4 nitrogen and oxygen atoms in total. The van der Waals surface area contributed by atoms with Crippen LogP contribution in [0.3, 0.4) is 0 Å². The second-order valence-electron chi connectivity index (χ2n) is 1.63. The molecule has 2 N–H and O–H groups in total. The molecule has 1 aliphatic rings. The first-order valence-electron chi connectivity index (χ1n) is 2.22. The molecule has 2 amide bonds. The Balaban J connectivity index is 0.000000640. The van der Waals surface area contributed by atoms with Crippen molar-refractivity contribution in [2.24, 2.45) is 0 Å². The molecule has 1 aliphatic heterocycles. The summed E-state index contributed by atoms with van der Waals surface area (Å²) >= 11 is 0. The minimum atomic E-state index is -1.11. The van der Waals surface area contributed by atoms with Crippen LogP contribution < -0.4 is 5.32 Å². The number of hydrogen-bond donors (Lipinski definition) is 2. The predicted octanol–water partition coefficient (Wildman–Crippen LogP) is -1.61. The van der Waals surface area contributed by atoms with Crippen LogP contribution in [0.2, 0.25) is 0 Å². The molecule has 0 aromatic rings. The number of aliphatic hydroxyl groups is 1. The van der Waals surface area contributed by atoms with Gasteiger partial charge in [0.2, 0.25) is 5.91 Å². The van der Waals surface area contributed by atoms with Gasteiger partial charge in [-0.3, -0.25) is 14.9 Å². The molecule has 1 fully saturated rings. The maximum absolute atomic E-state index is 10.2. The van der Waals surface area contributed by atoms with Crippen molar-refractivity contribution >= 4 is 11.8 Å². The number of rotatable bonds is 0.